The summed E-state index contributed by atoms with van der Waals surface area (Å²) in [6.07, 6.45) is 25.9. The first-order valence-corrected chi connectivity index (χ1v) is 14.6. The Morgan fingerprint density at radius 3 is 1.25 bits per heavy atom. The average Bonchev–Trinajstić information content (AvgIpc) is 3.60. The van der Waals surface area contributed by atoms with Crippen LogP contribution in [0.25, 0.3) is 0 Å². The molecule has 40 heavy (non-hydrogen) atoms. The van der Waals surface area contributed by atoms with Crippen LogP contribution in [0.1, 0.15) is 51.4 Å². The number of anilines is 2. The Balaban J connectivity index is 1.12. The van der Waals surface area contributed by atoms with Gasteiger partial charge >= 0.3 is 0 Å². The molecule has 4 nitrogen and oxygen atoms in total. The van der Waals surface area contributed by atoms with E-state index in [1.165, 1.54) is 38.5 Å². The number of benzene rings is 2. The molecule has 2 aliphatic carbocycles. The van der Waals surface area contributed by atoms with Gasteiger partial charge in [0.2, 0.25) is 0 Å². The third-order valence-corrected chi connectivity index (χ3v) is 7.16. The Labute approximate surface area is 240 Å². The zero-order valence-electron chi connectivity index (χ0n) is 23.7. The van der Waals surface area contributed by atoms with Gasteiger partial charge in [-0.3, -0.25) is 10.0 Å². The third kappa shape index (κ3) is 9.23. The van der Waals surface area contributed by atoms with Crippen molar-refractivity contribution in [3.05, 3.63) is 133 Å². The van der Waals surface area contributed by atoms with Gasteiger partial charge in [-0.2, -0.15) is 10.2 Å². The first kappa shape index (κ1) is 28.8. The molecule has 4 heteroatoms. The quantitative estimate of drug-likeness (QED) is 0.116. The molecule has 0 atom stereocenters. The van der Waals surface area contributed by atoms with Crippen molar-refractivity contribution in [1.29, 1.82) is 0 Å². The van der Waals surface area contributed by atoms with E-state index in [-0.39, 0.29) is 0 Å². The van der Waals surface area contributed by atoms with Crippen LogP contribution in [0.3, 0.4) is 0 Å². The van der Waals surface area contributed by atoms with Crippen LogP contribution >= 0.6 is 0 Å². The van der Waals surface area contributed by atoms with Gasteiger partial charge in [-0.15, -0.1) is 0 Å². The smallest absolute Gasteiger partial charge is 0.0593 e. The summed E-state index contributed by atoms with van der Waals surface area (Å²) in [6.45, 7) is 9.99. The van der Waals surface area contributed by atoms with Crippen LogP contribution < -0.4 is 10.0 Å². The van der Waals surface area contributed by atoms with Crippen molar-refractivity contribution >= 4 is 23.8 Å². The molecule has 0 unspecified atom stereocenters. The molecule has 0 aromatic heterocycles. The van der Waals surface area contributed by atoms with Crippen LogP contribution in [0.15, 0.2) is 143 Å². The van der Waals surface area contributed by atoms with Gasteiger partial charge in [0.05, 0.1) is 23.8 Å². The predicted molar refractivity (Wildman–Crippen MR) is 174 cm³/mol. The summed E-state index contributed by atoms with van der Waals surface area (Å²) in [4.78, 5) is 0. The van der Waals surface area contributed by atoms with Gasteiger partial charge in [-0.1, -0.05) is 125 Å². The van der Waals surface area contributed by atoms with Gasteiger partial charge in [0, 0.05) is 24.2 Å². The average molecular weight is 531 g/mol. The molecule has 2 aromatic carbocycles. The molecule has 0 saturated carbocycles. The number of allylic oxidation sites excluding steroid dienone is 10. The van der Waals surface area contributed by atoms with Crippen LogP contribution in [0.2, 0.25) is 0 Å². The minimum atomic E-state index is 0.920. The first-order chi connectivity index (χ1) is 19.7. The lowest BCUT2D eigenvalue weighted by Crippen LogP contribution is -2.18. The molecule has 0 fully saturated rings. The van der Waals surface area contributed by atoms with E-state index >= 15 is 0 Å². The molecule has 0 bridgehead atoms. The first-order valence-electron chi connectivity index (χ1n) is 14.6. The number of hydrogen-bond acceptors (Lipinski definition) is 4. The van der Waals surface area contributed by atoms with E-state index in [1.54, 1.807) is 0 Å². The van der Waals surface area contributed by atoms with Crippen molar-refractivity contribution in [1.82, 2.24) is 0 Å². The molecule has 2 aromatic rings. The fourth-order valence-corrected chi connectivity index (χ4v) is 4.75. The lowest BCUT2D eigenvalue weighted by molar-refractivity contribution is 0.564. The zero-order valence-corrected chi connectivity index (χ0v) is 23.7. The standard InChI is InChI=1S/C36H42N4/c1-31-19-17-21-33(31)29-37-39(35-23-11-9-12-24-35)27-15-7-5-3-4-6-8-16-28-40(36-25-13-10-14-26-36)38-30-34-22-18-20-32(34)2/h9-14,17-26,29-30H,1-8,15-16,27-28H2/b37-29+,38-30+. The highest BCUT2D eigenvalue weighted by Crippen LogP contribution is 2.20. The van der Waals surface area contributed by atoms with Gasteiger partial charge in [0.15, 0.2) is 0 Å². The Hall–Kier alpha value is -4.18. The molecule has 0 spiro atoms. The summed E-state index contributed by atoms with van der Waals surface area (Å²) in [6, 6.07) is 20.9. The molecule has 0 saturated heterocycles. The Morgan fingerprint density at radius 1 is 0.525 bits per heavy atom. The summed E-state index contributed by atoms with van der Waals surface area (Å²) >= 11 is 0. The van der Waals surface area contributed by atoms with Crippen molar-refractivity contribution in [2.45, 2.75) is 51.4 Å². The minimum Gasteiger partial charge on any atom is -0.266 e. The monoisotopic (exact) mass is 530 g/mol. The number of nitrogens with zero attached hydrogens (tertiary/aromatic N) is 4. The van der Waals surface area contributed by atoms with Crippen molar-refractivity contribution in [3.63, 3.8) is 0 Å². The van der Waals surface area contributed by atoms with E-state index in [9.17, 15) is 0 Å². The van der Waals surface area contributed by atoms with E-state index in [1.807, 2.05) is 48.9 Å². The maximum atomic E-state index is 4.78. The molecule has 0 N–H and O–H groups in total. The van der Waals surface area contributed by atoms with E-state index in [0.29, 0.717) is 0 Å². The van der Waals surface area contributed by atoms with Crippen molar-refractivity contribution in [3.8, 4) is 0 Å². The van der Waals surface area contributed by atoms with Crippen molar-refractivity contribution < 1.29 is 0 Å². The molecule has 0 radical (unpaired) electrons. The van der Waals surface area contributed by atoms with E-state index in [2.05, 4.69) is 83.9 Å². The number of unbranched alkanes of at least 4 members (excludes halogenated alkanes) is 7. The summed E-state index contributed by atoms with van der Waals surface area (Å²) < 4.78 is 0. The highest BCUT2D eigenvalue weighted by Gasteiger charge is 2.08. The van der Waals surface area contributed by atoms with Crippen molar-refractivity contribution in [2.24, 2.45) is 10.2 Å². The predicted octanol–water partition coefficient (Wildman–Crippen LogP) is 9.20. The van der Waals surface area contributed by atoms with Crippen LogP contribution in [-0.2, 0) is 0 Å². The fourth-order valence-electron chi connectivity index (χ4n) is 4.75. The number of para-hydroxylation sites is 2. The molecule has 0 aliphatic heterocycles. The highest BCUT2D eigenvalue weighted by molar-refractivity contribution is 5.89. The second-order valence-electron chi connectivity index (χ2n) is 10.2. The van der Waals surface area contributed by atoms with E-state index in [4.69, 9.17) is 10.2 Å². The second-order valence-corrected chi connectivity index (χ2v) is 10.2. The largest absolute Gasteiger partial charge is 0.266 e. The molecular formula is C36H42N4. The number of hydrazone groups is 2. The SMILES string of the molecule is C=C1C=CC=C1/C=N/N(CCCCCCCCCCN(/N=C/C1=CC=CC1=C)c1ccccc1)c1ccccc1. The fraction of sp³-hybridized carbons (Fsp3) is 0.278. The van der Waals surface area contributed by atoms with Crippen molar-refractivity contribution in [2.75, 3.05) is 23.1 Å². The topological polar surface area (TPSA) is 31.2 Å². The summed E-state index contributed by atoms with van der Waals surface area (Å²) in [5.74, 6) is 0. The van der Waals surface area contributed by atoms with Gasteiger partial charge in [-0.05, 0) is 48.3 Å². The molecule has 0 amide bonds. The van der Waals surface area contributed by atoms with Gasteiger partial charge < -0.3 is 0 Å². The molecular weight excluding hydrogens is 488 g/mol. The molecule has 2 aliphatic rings. The lowest BCUT2D eigenvalue weighted by atomic mass is 10.1. The van der Waals surface area contributed by atoms with E-state index in [0.717, 1.165) is 59.6 Å². The lowest BCUT2D eigenvalue weighted by Gasteiger charge is -2.19. The van der Waals surface area contributed by atoms with Crippen LogP contribution in [0.5, 0.6) is 0 Å². The summed E-state index contributed by atoms with van der Waals surface area (Å²) in [5.41, 5.74) is 6.45. The summed E-state index contributed by atoms with van der Waals surface area (Å²) in [5, 5.41) is 13.8. The normalized spacial score (nSPS) is 14.5. The van der Waals surface area contributed by atoms with Crippen LogP contribution in [-0.4, -0.2) is 25.5 Å². The Bertz CT molecular complexity index is 1180. The Kier molecular flexibility index (Phi) is 11.6. The van der Waals surface area contributed by atoms with E-state index < -0.39 is 0 Å². The maximum absolute atomic E-state index is 4.78. The molecule has 206 valence electrons. The number of hydrogen-bond donors (Lipinski definition) is 0. The van der Waals surface area contributed by atoms with Gasteiger partial charge in [-0.25, -0.2) is 0 Å². The van der Waals surface area contributed by atoms with Gasteiger partial charge in [0.1, 0.15) is 0 Å². The maximum Gasteiger partial charge on any atom is 0.0593 e. The minimum absolute atomic E-state index is 0.920. The molecule has 4 rings (SSSR count). The van der Waals surface area contributed by atoms with Crippen LogP contribution in [0.4, 0.5) is 11.4 Å². The number of rotatable bonds is 17. The third-order valence-electron chi connectivity index (χ3n) is 7.16. The summed E-state index contributed by atoms with van der Waals surface area (Å²) in [7, 11) is 0. The van der Waals surface area contributed by atoms with Crippen LogP contribution in [0, 0.1) is 0 Å². The highest BCUT2D eigenvalue weighted by atomic mass is 15.5. The molecule has 0 heterocycles. The van der Waals surface area contributed by atoms with Gasteiger partial charge in [0.25, 0.3) is 0 Å². The zero-order chi connectivity index (χ0) is 27.8. The second kappa shape index (κ2) is 16.0. The Morgan fingerprint density at radius 2 is 0.900 bits per heavy atom.